The lowest BCUT2D eigenvalue weighted by Gasteiger charge is -2.44. The Hall–Kier alpha value is -2.85. The average molecular weight is 436 g/mol. The van der Waals surface area contributed by atoms with Gasteiger partial charge in [0.25, 0.3) is 5.91 Å². The van der Waals surface area contributed by atoms with Crippen LogP contribution in [-0.4, -0.2) is 44.2 Å². The van der Waals surface area contributed by atoms with Crippen LogP contribution in [0.5, 0.6) is 0 Å². The lowest BCUT2D eigenvalue weighted by Crippen LogP contribution is -2.48. The first kappa shape index (κ1) is 21.4. The monoisotopic (exact) mass is 435 g/mol. The summed E-state index contributed by atoms with van der Waals surface area (Å²) >= 11 is 1.01. The molecule has 1 amide bonds. The van der Waals surface area contributed by atoms with Crippen molar-refractivity contribution in [3.05, 3.63) is 46.3 Å². The fraction of sp³-hybridized carbons (Fsp3) is 0.458. The molecule has 2 aromatic rings. The van der Waals surface area contributed by atoms with E-state index in [1.54, 1.807) is 11.8 Å². The van der Waals surface area contributed by atoms with Crippen molar-refractivity contribution in [1.29, 1.82) is 0 Å². The zero-order valence-corrected chi connectivity index (χ0v) is 18.8. The maximum absolute atomic E-state index is 13.2. The fourth-order valence-corrected chi connectivity index (χ4v) is 5.52. The van der Waals surface area contributed by atoms with Gasteiger partial charge in [0, 0.05) is 31.5 Å². The summed E-state index contributed by atoms with van der Waals surface area (Å²) in [6.45, 7) is 6.75. The zero-order chi connectivity index (χ0) is 22.2. The van der Waals surface area contributed by atoms with Crippen LogP contribution in [0.4, 0.5) is 0 Å². The van der Waals surface area contributed by atoms with Crippen LogP contribution in [0.3, 0.4) is 0 Å². The lowest BCUT2D eigenvalue weighted by molar-refractivity contribution is -0.138. The van der Waals surface area contributed by atoms with Crippen LogP contribution in [0.15, 0.2) is 18.3 Å². The molecule has 1 saturated carbocycles. The topological polar surface area (TPSA) is 80.2 Å². The van der Waals surface area contributed by atoms with E-state index in [0.29, 0.717) is 44.5 Å². The number of nitrogens with zero attached hydrogens (tertiary/aromatic N) is 3. The summed E-state index contributed by atoms with van der Waals surface area (Å²) in [6, 6.07) is 3.92. The normalized spacial score (nSPS) is 18.7. The second-order valence-electron chi connectivity index (χ2n) is 8.70. The van der Waals surface area contributed by atoms with Crippen molar-refractivity contribution in [3.63, 3.8) is 0 Å². The molecule has 1 spiro atoms. The summed E-state index contributed by atoms with van der Waals surface area (Å²) in [4.78, 5) is 40.8. The molecule has 1 aromatic heterocycles. The molecule has 0 unspecified atom stereocenters. The van der Waals surface area contributed by atoms with Gasteiger partial charge in [0.15, 0.2) is 5.69 Å². The molecule has 0 atom stereocenters. The van der Waals surface area contributed by atoms with E-state index in [0.717, 1.165) is 34.0 Å². The molecule has 31 heavy (non-hydrogen) atoms. The van der Waals surface area contributed by atoms with Crippen molar-refractivity contribution >= 4 is 29.2 Å². The molecule has 0 radical (unpaired) electrons. The Morgan fingerprint density at radius 3 is 2.26 bits per heavy atom. The first-order valence-corrected chi connectivity index (χ1v) is 11.2. The van der Waals surface area contributed by atoms with Crippen molar-refractivity contribution in [3.8, 4) is 11.8 Å². The third kappa shape index (κ3) is 4.05. The van der Waals surface area contributed by atoms with Gasteiger partial charge >= 0.3 is 0 Å². The Morgan fingerprint density at radius 1 is 1.13 bits per heavy atom. The van der Waals surface area contributed by atoms with E-state index in [1.165, 1.54) is 6.20 Å². The van der Waals surface area contributed by atoms with Gasteiger partial charge in [-0.3, -0.25) is 14.4 Å². The third-order valence-electron chi connectivity index (χ3n) is 6.59. The molecule has 2 aliphatic rings. The van der Waals surface area contributed by atoms with E-state index in [-0.39, 0.29) is 22.9 Å². The molecule has 160 valence electrons. The molecule has 6 nitrogen and oxygen atoms in total. The van der Waals surface area contributed by atoms with Gasteiger partial charge in [0.2, 0.25) is 0 Å². The number of aryl methyl sites for hydroxylation is 2. The summed E-state index contributed by atoms with van der Waals surface area (Å²) in [7, 11) is 0. The van der Waals surface area contributed by atoms with Gasteiger partial charge in [-0.2, -0.15) is 8.75 Å². The van der Waals surface area contributed by atoms with Crippen LogP contribution in [0.2, 0.25) is 0 Å². The lowest BCUT2D eigenvalue weighted by atomic mass is 9.62. The number of carbonyl (C=O) groups is 3. The molecule has 0 bridgehead atoms. The smallest absolute Gasteiger partial charge is 0.275 e. The number of benzene rings is 1. The molecule has 1 aliphatic carbocycles. The number of amides is 1. The summed E-state index contributed by atoms with van der Waals surface area (Å²) in [6.07, 6.45) is 3.57. The molecule has 1 aliphatic heterocycles. The summed E-state index contributed by atoms with van der Waals surface area (Å²) in [5, 5.41) is 0. The minimum Gasteiger partial charge on any atom is -0.337 e. The van der Waals surface area contributed by atoms with E-state index in [1.807, 2.05) is 26.0 Å². The van der Waals surface area contributed by atoms with Gasteiger partial charge in [-0.1, -0.05) is 5.92 Å². The first-order chi connectivity index (χ1) is 14.8. The van der Waals surface area contributed by atoms with Gasteiger partial charge in [-0.25, -0.2) is 0 Å². The standard InChI is InChI=1S/C24H25N3O3S/c1-4-5-17-10-15(2)21(16(3)11-17)22-19(28)12-24(13-20(22)29)6-8-27(9-7-24)23(30)18-14-25-31-26-18/h10-11,14,22H,6-9,12-13H2,1-3H3. The quantitative estimate of drug-likeness (QED) is 0.533. The number of Topliss-reactive ketones (excluding diaryl/α,β-unsaturated/α-hetero) is 2. The van der Waals surface area contributed by atoms with Crippen LogP contribution < -0.4 is 0 Å². The van der Waals surface area contributed by atoms with E-state index >= 15 is 0 Å². The Bertz CT molecular complexity index is 1060. The number of ketones is 2. The molecular formula is C24H25N3O3S. The molecular weight excluding hydrogens is 410 g/mol. The molecule has 1 aromatic carbocycles. The largest absolute Gasteiger partial charge is 0.337 e. The highest BCUT2D eigenvalue weighted by Gasteiger charge is 2.48. The van der Waals surface area contributed by atoms with Gasteiger partial charge in [-0.15, -0.1) is 5.92 Å². The number of rotatable bonds is 2. The average Bonchev–Trinajstić information content (AvgIpc) is 3.25. The van der Waals surface area contributed by atoms with Crippen LogP contribution in [0.25, 0.3) is 0 Å². The number of hydrogen-bond acceptors (Lipinski definition) is 6. The number of aromatic nitrogens is 2. The number of likely N-dealkylation sites (tertiary alicyclic amines) is 1. The second kappa shape index (κ2) is 8.35. The first-order valence-electron chi connectivity index (χ1n) is 10.5. The maximum atomic E-state index is 13.2. The minimum atomic E-state index is -0.685. The van der Waals surface area contributed by atoms with E-state index in [2.05, 4.69) is 20.6 Å². The fourth-order valence-electron chi connectivity index (χ4n) is 5.11. The van der Waals surface area contributed by atoms with Crippen molar-refractivity contribution in [1.82, 2.24) is 13.6 Å². The maximum Gasteiger partial charge on any atom is 0.275 e. The molecule has 0 N–H and O–H groups in total. The molecule has 4 rings (SSSR count). The predicted octanol–water partition coefficient (Wildman–Crippen LogP) is 3.46. The summed E-state index contributed by atoms with van der Waals surface area (Å²) < 4.78 is 7.91. The Kier molecular flexibility index (Phi) is 5.76. The second-order valence-corrected chi connectivity index (χ2v) is 9.26. The van der Waals surface area contributed by atoms with Crippen LogP contribution >= 0.6 is 11.7 Å². The van der Waals surface area contributed by atoms with E-state index < -0.39 is 5.92 Å². The summed E-state index contributed by atoms with van der Waals surface area (Å²) in [5.41, 5.74) is 3.65. The summed E-state index contributed by atoms with van der Waals surface area (Å²) in [5.74, 6) is 5.13. The Morgan fingerprint density at radius 2 is 1.74 bits per heavy atom. The molecule has 1 saturated heterocycles. The molecule has 2 heterocycles. The number of hydrogen-bond donors (Lipinski definition) is 0. The molecule has 2 fully saturated rings. The van der Waals surface area contributed by atoms with Gasteiger partial charge in [0.1, 0.15) is 17.5 Å². The zero-order valence-electron chi connectivity index (χ0n) is 18.0. The van der Waals surface area contributed by atoms with Crippen molar-refractivity contribution < 1.29 is 14.4 Å². The van der Waals surface area contributed by atoms with Gasteiger partial charge in [0.05, 0.1) is 17.9 Å². The molecule has 7 heteroatoms. The predicted molar refractivity (Wildman–Crippen MR) is 118 cm³/mol. The number of carbonyl (C=O) groups excluding carboxylic acids is 3. The Labute approximate surface area is 186 Å². The van der Waals surface area contributed by atoms with E-state index in [4.69, 9.17) is 0 Å². The van der Waals surface area contributed by atoms with Crippen molar-refractivity contribution in [2.75, 3.05) is 13.1 Å². The highest BCUT2D eigenvalue weighted by molar-refractivity contribution is 6.99. The van der Waals surface area contributed by atoms with Crippen LogP contribution in [0.1, 0.15) is 71.3 Å². The SMILES string of the molecule is CC#Cc1cc(C)c(C2C(=O)CC3(CCN(C(=O)c4cnsn4)CC3)CC2=O)c(C)c1. The Balaban J connectivity index is 1.50. The highest BCUT2D eigenvalue weighted by Crippen LogP contribution is 2.46. The van der Waals surface area contributed by atoms with Gasteiger partial charge in [-0.05, 0) is 67.9 Å². The van der Waals surface area contributed by atoms with Crippen LogP contribution in [0, 0.1) is 31.1 Å². The minimum absolute atomic E-state index is 0.000235. The third-order valence-corrected chi connectivity index (χ3v) is 7.06. The van der Waals surface area contributed by atoms with Crippen LogP contribution in [-0.2, 0) is 9.59 Å². The van der Waals surface area contributed by atoms with Crippen molar-refractivity contribution in [2.24, 2.45) is 5.41 Å². The number of piperidine rings is 1. The van der Waals surface area contributed by atoms with E-state index in [9.17, 15) is 14.4 Å². The van der Waals surface area contributed by atoms with Gasteiger partial charge < -0.3 is 4.90 Å². The highest BCUT2D eigenvalue weighted by atomic mass is 32.1. The van der Waals surface area contributed by atoms with Crippen molar-refractivity contribution in [2.45, 2.75) is 52.4 Å².